The number of benzene rings is 1. The van der Waals surface area contributed by atoms with Gasteiger partial charge in [-0.15, -0.1) is 0 Å². The lowest BCUT2D eigenvalue weighted by Crippen LogP contribution is -2.06. The molecule has 0 amide bonds. The zero-order valence-corrected chi connectivity index (χ0v) is 11.4. The van der Waals surface area contributed by atoms with Crippen LogP contribution in [0.1, 0.15) is 25.3 Å². The maximum atomic E-state index is 5.93. The monoisotopic (exact) mass is 272 g/mol. The van der Waals surface area contributed by atoms with E-state index < -0.39 is 0 Å². The van der Waals surface area contributed by atoms with E-state index in [9.17, 15) is 0 Å². The average molecular weight is 272 g/mol. The molecular formula is C14H16N4O2. The van der Waals surface area contributed by atoms with Gasteiger partial charge in [0.05, 0.1) is 0 Å². The lowest BCUT2D eigenvalue weighted by molar-refractivity contribution is 0.174. The predicted octanol–water partition coefficient (Wildman–Crippen LogP) is 2.65. The average Bonchev–Trinajstić information content (AvgIpc) is 2.85. The molecule has 0 aliphatic carbocycles. The third-order valence-corrected chi connectivity index (χ3v) is 3.13. The van der Waals surface area contributed by atoms with Gasteiger partial charge in [-0.2, -0.15) is 0 Å². The zero-order valence-electron chi connectivity index (χ0n) is 11.4. The van der Waals surface area contributed by atoms with E-state index in [4.69, 9.17) is 15.2 Å². The van der Waals surface area contributed by atoms with Crippen LogP contribution < -0.4 is 20.5 Å². The summed E-state index contributed by atoms with van der Waals surface area (Å²) < 4.78 is 10.6. The first-order valence-corrected chi connectivity index (χ1v) is 6.42. The lowest BCUT2D eigenvalue weighted by atomic mass is 10.0. The van der Waals surface area contributed by atoms with E-state index in [1.807, 2.05) is 18.2 Å². The third kappa shape index (κ3) is 2.20. The van der Waals surface area contributed by atoms with Crippen molar-refractivity contribution in [1.82, 2.24) is 9.97 Å². The van der Waals surface area contributed by atoms with Crippen molar-refractivity contribution in [3.8, 4) is 11.5 Å². The van der Waals surface area contributed by atoms with Gasteiger partial charge in [-0.05, 0) is 18.1 Å². The van der Waals surface area contributed by atoms with Crippen LogP contribution in [0.15, 0.2) is 24.5 Å². The fraction of sp³-hybridized carbons (Fsp3) is 0.286. The van der Waals surface area contributed by atoms with Gasteiger partial charge in [0.1, 0.15) is 18.0 Å². The van der Waals surface area contributed by atoms with Gasteiger partial charge in [-0.1, -0.05) is 13.8 Å². The molecule has 0 radical (unpaired) electrons. The number of anilines is 3. The summed E-state index contributed by atoms with van der Waals surface area (Å²) in [6.07, 6.45) is 1.45. The van der Waals surface area contributed by atoms with Gasteiger partial charge in [0.2, 0.25) is 6.79 Å². The van der Waals surface area contributed by atoms with Crippen molar-refractivity contribution >= 4 is 17.3 Å². The Kier molecular flexibility index (Phi) is 3.06. The molecule has 0 bridgehead atoms. The van der Waals surface area contributed by atoms with E-state index >= 15 is 0 Å². The minimum Gasteiger partial charge on any atom is -0.454 e. The van der Waals surface area contributed by atoms with Crippen molar-refractivity contribution in [2.45, 2.75) is 19.8 Å². The van der Waals surface area contributed by atoms with Crippen molar-refractivity contribution in [3.63, 3.8) is 0 Å². The minimum absolute atomic E-state index is 0.229. The van der Waals surface area contributed by atoms with E-state index in [0.29, 0.717) is 11.6 Å². The van der Waals surface area contributed by atoms with Gasteiger partial charge >= 0.3 is 0 Å². The molecule has 1 aromatic carbocycles. The molecule has 0 saturated carbocycles. The van der Waals surface area contributed by atoms with Gasteiger partial charge < -0.3 is 20.5 Å². The summed E-state index contributed by atoms with van der Waals surface area (Å²) in [7, 11) is 0. The van der Waals surface area contributed by atoms with Crippen molar-refractivity contribution < 1.29 is 9.47 Å². The fourth-order valence-electron chi connectivity index (χ4n) is 2.19. The molecule has 3 N–H and O–H groups in total. The molecule has 0 saturated heterocycles. The second kappa shape index (κ2) is 4.88. The van der Waals surface area contributed by atoms with Crippen molar-refractivity contribution in [2.24, 2.45) is 0 Å². The molecule has 6 nitrogen and oxygen atoms in total. The highest BCUT2D eigenvalue weighted by Gasteiger charge is 2.16. The van der Waals surface area contributed by atoms with E-state index in [-0.39, 0.29) is 12.7 Å². The van der Waals surface area contributed by atoms with Gasteiger partial charge in [0.25, 0.3) is 0 Å². The normalized spacial score (nSPS) is 12.8. The number of fused-ring (bicyclic) bond motifs is 1. The standard InChI is InChI=1S/C14H16N4O2/c1-8(2)12-13(15)16-6-17-14(12)18-9-3-4-10-11(5-9)20-7-19-10/h3-6,8H,7H2,1-2H3,(H3,15,16,17,18). The number of hydrogen-bond donors (Lipinski definition) is 2. The molecule has 0 spiro atoms. The van der Waals surface area contributed by atoms with Crippen LogP contribution in [0.25, 0.3) is 0 Å². The van der Waals surface area contributed by atoms with Crippen LogP contribution in [-0.4, -0.2) is 16.8 Å². The van der Waals surface area contributed by atoms with E-state index in [1.54, 1.807) is 0 Å². The van der Waals surface area contributed by atoms with Gasteiger partial charge in [-0.25, -0.2) is 9.97 Å². The Labute approximate surface area is 116 Å². The highest BCUT2D eigenvalue weighted by atomic mass is 16.7. The highest BCUT2D eigenvalue weighted by molar-refractivity contribution is 5.67. The number of aromatic nitrogens is 2. The van der Waals surface area contributed by atoms with Crippen molar-refractivity contribution in [1.29, 1.82) is 0 Å². The van der Waals surface area contributed by atoms with E-state index in [1.165, 1.54) is 6.33 Å². The second-order valence-corrected chi connectivity index (χ2v) is 4.87. The Bertz CT molecular complexity index is 643. The lowest BCUT2D eigenvalue weighted by Gasteiger charge is -2.15. The van der Waals surface area contributed by atoms with Gasteiger partial charge in [0, 0.05) is 17.3 Å². The van der Waals surface area contributed by atoms with Crippen LogP contribution >= 0.6 is 0 Å². The Balaban J connectivity index is 1.93. The number of nitrogens with one attached hydrogen (secondary N) is 1. The Morgan fingerprint density at radius 1 is 1.20 bits per heavy atom. The number of rotatable bonds is 3. The molecule has 1 aliphatic rings. The van der Waals surface area contributed by atoms with E-state index in [2.05, 4.69) is 29.1 Å². The largest absolute Gasteiger partial charge is 0.454 e. The molecule has 3 rings (SSSR count). The van der Waals surface area contributed by atoms with Gasteiger partial charge in [0.15, 0.2) is 11.5 Å². The Morgan fingerprint density at radius 2 is 2.00 bits per heavy atom. The van der Waals surface area contributed by atoms with Gasteiger partial charge in [-0.3, -0.25) is 0 Å². The first kappa shape index (κ1) is 12.5. The van der Waals surface area contributed by atoms with Crippen LogP contribution in [0, 0.1) is 0 Å². The van der Waals surface area contributed by atoms with Crippen LogP contribution in [0.3, 0.4) is 0 Å². The molecule has 2 aromatic rings. The zero-order chi connectivity index (χ0) is 14.1. The number of nitrogens with two attached hydrogens (primary N) is 1. The molecule has 104 valence electrons. The molecule has 1 aromatic heterocycles. The smallest absolute Gasteiger partial charge is 0.231 e. The maximum absolute atomic E-state index is 5.93. The summed E-state index contributed by atoms with van der Waals surface area (Å²) in [6, 6.07) is 5.66. The SMILES string of the molecule is CC(C)c1c(N)ncnc1Nc1ccc2c(c1)OCO2. The summed E-state index contributed by atoms with van der Waals surface area (Å²) in [5.74, 6) is 2.92. The Morgan fingerprint density at radius 3 is 2.80 bits per heavy atom. The predicted molar refractivity (Wildman–Crippen MR) is 76.4 cm³/mol. The topological polar surface area (TPSA) is 82.3 Å². The quantitative estimate of drug-likeness (QED) is 0.893. The van der Waals surface area contributed by atoms with E-state index in [0.717, 1.165) is 22.7 Å². The number of nitrogens with zero attached hydrogens (tertiary/aromatic N) is 2. The minimum atomic E-state index is 0.229. The molecule has 2 heterocycles. The van der Waals surface area contributed by atoms with Crippen molar-refractivity contribution in [2.75, 3.05) is 17.8 Å². The molecular weight excluding hydrogens is 256 g/mol. The van der Waals surface area contributed by atoms with Crippen molar-refractivity contribution in [3.05, 3.63) is 30.1 Å². The summed E-state index contributed by atoms with van der Waals surface area (Å²) in [4.78, 5) is 8.32. The van der Waals surface area contributed by atoms with Crippen LogP contribution in [-0.2, 0) is 0 Å². The van der Waals surface area contributed by atoms with Crippen LogP contribution in [0.2, 0.25) is 0 Å². The molecule has 20 heavy (non-hydrogen) atoms. The highest BCUT2D eigenvalue weighted by Crippen LogP contribution is 2.36. The number of ether oxygens (including phenoxy) is 2. The summed E-state index contributed by atoms with van der Waals surface area (Å²) >= 11 is 0. The fourth-order valence-corrected chi connectivity index (χ4v) is 2.19. The molecule has 6 heteroatoms. The number of hydrogen-bond acceptors (Lipinski definition) is 6. The Hall–Kier alpha value is -2.50. The molecule has 0 fully saturated rings. The maximum Gasteiger partial charge on any atom is 0.231 e. The number of nitrogen functional groups attached to an aromatic ring is 1. The summed E-state index contributed by atoms with van der Waals surface area (Å²) in [5.41, 5.74) is 7.71. The molecule has 0 atom stereocenters. The summed E-state index contributed by atoms with van der Waals surface area (Å²) in [6.45, 7) is 4.37. The third-order valence-electron chi connectivity index (χ3n) is 3.13. The molecule has 0 unspecified atom stereocenters. The van der Waals surface area contributed by atoms with Crippen LogP contribution in [0.5, 0.6) is 11.5 Å². The van der Waals surface area contributed by atoms with Crippen LogP contribution in [0.4, 0.5) is 17.3 Å². The first-order chi connectivity index (χ1) is 9.65. The first-order valence-electron chi connectivity index (χ1n) is 6.42. The molecule has 1 aliphatic heterocycles. The second-order valence-electron chi connectivity index (χ2n) is 4.87. The summed E-state index contributed by atoms with van der Waals surface area (Å²) in [5, 5.41) is 3.26.